The number of esters is 2. The maximum Gasteiger partial charge on any atom is 0.310 e. The van der Waals surface area contributed by atoms with Gasteiger partial charge in [0.15, 0.2) is 0 Å². The Labute approximate surface area is 152 Å². The maximum absolute atomic E-state index is 11.8. The number of carbonyl (C=O) groups excluding carboxylic acids is 4. The third-order valence-corrected chi connectivity index (χ3v) is 3.23. The minimum atomic E-state index is -0.467. The van der Waals surface area contributed by atoms with E-state index in [2.05, 4.69) is 10.6 Å². The number of nitrogens with one attached hydrogen (secondary N) is 2. The number of amides is 2. The first-order valence-corrected chi connectivity index (χ1v) is 8.29. The van der Waals surface area contributed by atoms with Gasteiger partial charge in [-0.15, -0.1) is 0 Å². The van der Waals surface area contributed by atoms with E-state index >= 15 is 0 Å². The van der Waals surface area contributed by atoms with Gasteiger partial charge >= 0.3 is 11.9 Å². The van der Waals surface area contributed by atoms with Crippen LogP contribution in [0.1, 0.15) is 38.8 Å². The third-order valence-electron chi connectivity index (χ3n) is 3.23. The molecule has 1 rings (SSSR count). The molecule has 0 aliphatic rings. The summed E-state index contributed by atoms with van der Waals surface area (Å²) in [5, 5.41) is 5.27. The van der Waals surface area contributed by atoms with E-state index in [1.165, 1.54) is 13.8 Å². The highest BCUT2D eigenvalue weighted by Gasteiger charge is 2.17. The van der Waals surface area contributed by atoms with Gasteiger partial charge in [0.2, 0.25) is 11.8 Å². The highest BCUT2D eigenvalue weighted by Crippen LogP contribution is 2.27. The average molecular weight is 364 g/mol. The summed E-state index contributed by atoms with van der Waals surface area (Å²) in [6.07, 6.45) is -0.175. The highest BCUT2D eigenvalue weighted by molar-refractivity contribution is 5.95. The van der Waals surface area contributed by atoms with Gasteiger partial charge < -0.3 is 20.1 Å². The summed E-state index contributed by atoms with van der Waals surface area (Å²) >= 11 is 0. The number of rotatable bonds is 8. The fraction of sp³-hybridized carbons (Fsp3) is 0.444. The Bertz CT molecular complexity index is 639. The monoisotopic (exact) mass is 364 g/mol. The van der Waals surface area contributed by atoms with Gasteiger partial charge in [-0.25, -0.2) is 0 Å². The van der Waals surface area contributed by atoms with E-state index in [1.807, 2.05) is 0 Å². The Morgan fingerprint density at radius 2 is 1.12 bits per heavy atom. The van der Waals surface area contributed by atoms with Crippen LogP contribution in [-0.4, -0.2) is 37.0 Å². The van der Waals surface area contributed by atoms with E-state index in [9.17, 15) is 19.2 Å². The van der Waals surface area contributed by atoms with Crippen LogP contribution in [0.3, 0.4) is 0 Å². The molecule has 0 bridgehead atoms. The quantitative estimate of drug-likeness (QED) is 0.681. The lowest BCUT2D eigenvalue weighted by Gasteiger charge is -2.16. The molecule has 0 saturated heterocycles. The first-order chi connectivity index (χ1) is 12.3. The van der Waals surface area contributed by atoms with Crippen molar-refractivity contribution in [1.29, 1.82) is 0 Å². The van der Waals surface area contributed by atoms with Crippen molar-refractivity contribution in [3.8, 4) is 0 Å². The molecule has 8 heteroatoms. The first-order valence-electron chi connectivity index (χ1n) is 8.29. The van der Waals surface area contributed by atoms with Crippen molar-refractivity contribution < 1.29 is 28.7 Å². The van der Waals surface area contributed by atoms with Crippen molar-refractivity contribution in [2.24, 2.45) is 0 Å². The topological polar surface area (TPSA) is 111 Å². The SMILES string of the molecule is CCOC(=O)Cc1cc(NC(C)=O)c(CC(=O)OCC)cc1NC(C)=O. The number of ether oxygens (including phenoxy) is 2. The van der Waals surface area contributed by atoms with Gasteiger partial charge in [0.1, 0.15) is 0 Å². The molecule has 0 heterocycles. The van der Waals surface area contributed by atoms with Crippen molar-refractivity contribution in [2.75, 3.05) is 23.8 Å². The molecule has 8 nitrogen and oxygen atoms in total. The van der Waals surface area contributed by atoms with Gasteiger partial charge in [-0.3, -0.25) is 19.2 Å². The Kier molecular flexibility index (Phi) is 8.27. The van der Waals surface area contributed by atoms with Crippen LogP contribution in [0, 0.1) is 0 Å². The largest absolute Gasteiger partial charge is 0.466 e. The molecule has 0 atom stereocenters. The van der Waals surface area contributed by atoms with Crippen molar-refractivity contribution in [3.05, 3.63) is 23.3 Å². The fourth-order valence-corrected chi connectivity index (χ4v) is 2.33. The maximum atomic E-state index is 11.8. The molecule has 0 unspecified atom stereocenters. The summed E-state index contributed by atoms with van der Waals surface area (Å²) in [5.74, 6) is -1.59. The van der Waals surface area contributed by atoms with Gasteiger partial charge in [0, 0.05) is 25.2 Å². The van der Waals surface area contributed by atoms with Crippen molar-refractivity contribution in [3.63, 3.8) is 0 Å². The van der Waals surface area contributed by atoms with Crippen LogP contribution < -0.4 is 10.6 Å². The summed E-state index contributed by atoms with van der Waals surface area (Å²) in [6, 6.07) is 3.11. The third kappa shape index (κ3) is 6.92. The molecule has 1 aromatic rings. The zero-order valence-corrected chi connectivity index (χ0v) is 15.4. The molecular formula is C18H24N2O6. The Balaban J connectivity index is 3.33. The van der Waals surface area contributed by atoms with E-state index in [4.69, 9.17) is 9.47 Å². The minimum Gasteiger partial charge on any atom is -0.466 e. The molecule has 2 amide bonds. The van der Waals surface area contributed by atoms with E-state index in [0.29, 0.717) is 22.5 Å². The van der Waals surface area contributed by atoms with Gasteiger partial charge in [0.25, 0.3) is 0 Å². The van der Waals surface area contributed by atoms with Gasteiger partial charge in [-0.05, 0) is 37.1 Å². The predicted octanol–water partition coefficient (Wildman–Crippen LogP) is 1.81. The number of hydrogen-bond acceptors (Lipinski definition) is 6. The van der Waals surface area contributed by atoms with Gasteiger partial charge in [-0.2, -0.15) is 0 Å². The van der Waals surface area contributed by atoms with E-state index in [0.717, 1.165) is 0 Å². The second-order valence-electron chi connectivity index (χ2n) is 5.49. The van der Waals surface area contributed by atoms with E-state index in [1.54, 1.807) is 26.0 Å². The average Bonchev–Trinajstić information content (AvgIpc) is 2.50. The van der Waals surface area contributed by atoms with Crippen LogP contribution in [0.2, 0.25) is 0 Å². The van der Waals surface area contributed by atoms with Crippen molar-refractivity contribution in [1.82, 2.24) is 0 Å². The summed E-state index contributed by atoms with van der Waals surface area (Å²) in [7, 11) is 0. The summed E-state index contributed by atoms with van der Waals surface area (Å²) in [4.78, 5) is 46.6. The molecule has 0 spiro atoms. The zero-order valence-electron chi connectivity index (χ0n) is 15.4. The second kappa shape index (κ2) is 10.2. The molecule has 0 aliphatic heterocycles. The van der Waals surface area contributed by atoms with Crippen molar-refractivity contribution in [2.45, 2.75) is 40.5 Å². The molecule has 0 aliphatic carbocycles. The van der Waals surface area contributed by atoms with Crippen LogP contribution in [0.15, 0.2) is 12.1 Å². The molecule has 2 N–H and O–H groups in total. The highest BCUT2D eigenvalue weighted by atomic mass is 16.5. The Hall–Kier alpha value is -2.90. The smallest absolute Gasteiger partial charge is 0.310 e. The van der Waals surface area contributed by atoms with Crippen LogP contribution in [0.25, 0.3) is 0 Å². The van der Waals surface area contributed by atoms with E-state index in [-0.39, 0.29) is 37.9 Å². The predicted molar refractivity (Wildman–Crippen MR) is 95.7 cm³/mol. The number of hydrogen-bond donors (Lipinski definition) is 2. The van der Waals surface area contributed by atoms with Crippen LogP contribution in [0.4, 0.5) is 11.4 Å². The first kappa shape index (κ1) is 21.1. The lowest BCUT2D eigenvalue weighted by atomic mass is 10.0. The molecule has 26 heavy (non-hydrogen) atoms. The number of anilines is 2. The second-order valence-corrected chi connectivity index (χ2v) is 5.49. The molecule has 1 aromatic carbocycles. The summed E-state index contributed by atoms with van der Waals surface area (Å²) < 4.78 is 9.88. The van der Waals surface area contributed by atoms with Crippen molar-refractivity contribution >= 4 is 35.1 Å². The molecule has 0 saturated carbocycles. The zero-order chi connectivity index (χ0) is 19.7. The molecule has 142 valence electrons. The number of benzene rings is 1. The molecule has 0 fully saturated rings. The fourth-order valence-electron chi connectivity index (χ4n) is 2.33. The number of carbonyl (C=O) groups is 4. The van der Waals surface area contributed by atoms with E-state index < -0.39 is 11.9 Å². The lowest BCUT2D eigenvalue weighted by molar-refractivity contribution is -0.143. The van der Waals surface area contributed by atoms with Crippen LogP contribution >= 0.6 is 0 Å². The summed E-state index contributed by atoms with van der Waals surface area (Å²) in [6.45, 7) is 6.51. The normalized spacial score (nSPS) is 10.0. The minimum absolute atomic E-state index is 0.0876. The molecular weight excluding hydrogens is 340 g/mol. The summed E-state index contributed by atoms with van der Waals surface area (Å²) in [5.41, 5.74) is 1.68. The molecule has 0 aromatic heterocycles. The van der Waals surface area contributed by atoms with Crippen LogP contribution in [-0.2, 0) is 41.5 Å². The lowest BCUT2D eigenvalue weighted by Crippen LogP contribution is -2.17. The van der Waals surface area contributed by atoms with Gasteiger partial charge in [-0.1, -0.05) is 0 Å². The molecule has 0 radical (unpaired) electrons. The standard InChI is InChI=1S/C18H24N2O6/c1-5-25-17(23)9-13-7-16(20-12(4)22)14(10-18(24)26-6-2)8-15(13)19-11(3)21/h7-8H,5-6,9-10H2,1-4H3,(H,19,21)(H,20,22). The van der Waals surface area contributed by atoms with Crippen LogP contribution in [0.5, 0.6) is 0 Å². The Morgan fingerprint density at radius 1 is 0.769 bits per heavy atom. The Morgan fingerprint density at radius 3 is 1.38 bits per heavy atom. The van der Waals surface area contributed by atoms with Gasteiger partial charge in [0.05, 0.1) is 26.1 Å².